The van der Waals surface area contributed by atoms with Crippen molar-refractivity contribution >= 4 is 22.6 Å². The fraction of sp³-hybridized carbons (Fsp3) is 0.0476. The predicted molar refractivity (Wildman–Crippen MR) is 109 cm³/mol. The molecule has 0 saturated carbocycles. The Balaban J connectivity index is 1.80. The van der Waals surface area contributed by atoms with E-state index >= 15 is 0 Å². The summed E-state index contributed by atoms with van der Waals surface area (Å²) in [5.74, 6) is -0.181. The van der Waals surface area contributed by atoms with Crippen LogP contribution in [0.25, 0.3) is 33.4 Å². The molecular formula is C21H17N5O2. The fourth-order valence-electron chi connectivity index (χ4n) is 3.05. The summed E-state index contributed by atoms with van der Waals surface area (Å²) in [5.41, 5.74) is 4.42. The number of anilines is 1. The van der Waals surface area contributed by atoms with Crippen LogP contribution in [0.1, 0.15) is 0 Å². The van der Waals surface area contributed by atoms with Gasteiger partial charge in [-0.15, -0.1) is 0 Å². The van der Waals surface area contributed by atoms with Gasteiger partial charge in [0, 0.05) is 47.7 Å². The minimum absolute atomic E-state index is 0.181. The van der Waals surface area contributed by atoms with Crippen LogP contribution < -0.4 is 10.5 Å². The molecule has 4 aromatic rings. The number of hydrogen-bond acceptors (Lipinski definition) is 4. The lowest BCUT2D eigenvalue weighted by Gasteiger charge is -2.16. The van der Waals surface area contributed by atoms with Gasteiger partial charge in [-0.2, -0.15) is 0 Å². The van der Waals surface area contributed by atoms with E-state index in [1.54, 1.807) is 19.4 Å². The van der Waals surface area contributed by atoms with Crippen molar-refractivity contribution in [1.82, 2.24) is 19.9 Å². The number of carbonyl (C=O) groups excluding carboxylic acids is 1. The summed E-state index contributed by atoms with van der Waals surface area (Å²) in [6.07, 6.45) is 6.21. The second kappa shape index (κ2) is 6.96. The standard InChI is InChI=1S/C21H17N5O2/c1-3-20(28)26(2)15-6-4-5-13(7-15)14-8-16-17(11-23-21(16)22-10-14)18-9-19(27)25-12-24-18/h3-12H,1H2,2H3,(H,22,23)(H,24,25,27). The van der Waals surface area contributed by atoms with Crippen molar-refractivity contribution in [1.29, 1.82) is 0 Å². The smallest absolute Gasteiger partial charge is 0.251 e. The fourth-order valence-corrected chi connectivity index (χ4v) is 3.05. The molecule has 3 heterocycles. The average Bonchev–Trinajstić information content (AvgIpc) is 3.16. The minimum Gasteiger partial charge on any atom is -0.345 e. The number of carbonyl (C=O) groups is 1. The molecule has 0 aliphatic heterocycles. The summed E-state index contributed by atoms with van der Waals surface area (Å²) in [4.78, 5) is 39.4. The van der Waals surface area contributed by atoms with Gasteiger partial charge in [-0.1, -0.05) is 18.7 Å². The highest BCUT2D eigenvalue weighted by molar-refractivity contribution is 6.01. The van der Waals surface area contributed by atoms with E-state index in [0.717, 1.165) is 27.8 Å². The van der Waals surface area contributed by atoms with Gasteiger partial charge in [-0.05, 0) is 29.8 Å². The number of nitrogens with one attached hydrogen (secondary N) is 2. The van der Waals surface area contributed by atoms with Crippen LogP contribution in [0.3, 0.4) is 0 Å². The summed E-state index contributed by atoms with van der Waals surface area (Å²) in [6, 6.07) is 11.1. The van der Waals surface area contributed by atoms with Crippen molar-refractivity contribution in [3.8, 4) is 22.4 Å². The van der Waals surface area contributed by atoms with Gasteiger partial charge in [-0.3, -0.25) is 9.59 Å². The third-order valence-corrected chi connectivity index (χ3v) is 4.56. The van der Waals surface area contributed by atoms with Crippen LogP contribution in [0.5, 0.6) is 0 Å². The molecule has 0 aliphatic rings. The van der Waals surface area contributed by atoms with Crippen molar-refractivity contribution in [2.24, 2.45) is 0 Å². The monoisotopic (exact) mass is 371 g/mol. The molecular weight excluding hydrogens is 354 g/mol. The number of aromatic nitrogens is 4. The van der Waals surface area contributed by atoms with Crippen LogP contribution in [0, 0.1) is 0 Å². The van der Waals surface area contributed by atoms with Crippen molar-refractivity contribution in [2.45, 2.75) is 0 Å². The number of amides is 1. The van der Waals surface area contributed by atoms with Gasteiger partial charge < -0.3 is 14.9 Å². The molecule has 0 saturated heterocycles. The quantitative estimate of drug-likeness (QED) is 0.539. The first-order valence-electron chi connectivity index (χ1n) is 8.59. The van der Waals surface area contributed by atoms with Gasteiger partial charge in [0.1, 0.15) is 5.65 Å². The summed E-state index contributed by atoms with van der Waals surface area (Å²) < 4.78 is 0. The lowest BCUT2D eigenvalue weighted by atomic mass is 10.0. The Bertz CT molecular complexity index is 1250. The van der Waals surface area contributed by atoms with Crippen LogP contribution in [0.2, 0.25) is 0 Å². The first kappa shape index (κ1) is 17.4. The molecule has 0 spiro atoms. The van der Waals surface area contributed by atoms with Crippen LogP contribution in [-0.4, -0.2) is 32.9 Å². The number of rotatable bonds is 4. The maximum atomic E-state index is 11.9. The Morgan fingerprint density at radius 3 is 2.79 bits per heavy atom. The molecule has 1 amide bonds. The maximum absolute atomic E-state index is 11.9. The van der Waals surface area contributed by atoms with Gasteiger partial charge in [0.25, 0.3) is 5.56 Å². The molecule has 3 aromatic heterocycles. The Hall–Kier alpha value is -4.00. The van der Waals surface area contributed by atoms with Crippen molar-refractivity contribution in [3.63, 3.8) is 0 Å². The zero-order valence-corrected chi connectivity index (χ0v) is 15.1. The molecule has 1 aromatic carbocycles. The highest BCUT2D eigenvalue weighted by Crippen LogP contribution is 2.30. The van der Waals surface area contributed by atoms with Gasteiger partial charge in [0.05, 0.1) is 12.0 Å². The molecule has 138 valence electrons. The van der Waals surface area contributed by atoms with Gasteiger partial charge in [0.15, 0.2) is 0 Å². The highest BCUT2D eigenvalue weighted by atomic mass is 16.2. The minimum atomic E-state index is -0.217. The first-order chi connectivity index (χ1) is 13.6. The number of H-pyrrole nitrogens is 2. The topological polar surface area (TPSA) is 94.7 Å². The number of aromatic amines is 2. The normalized spacial score (nSPS) is 10.8. The van der Waals surface area contributed by atoms with Crippen LogP contribution >= 0.6 is 0 Å². The van der Waals surface area contributed by atoms with Crippen molar-refractivity contribution < 1.29 is 4.79 Å². The van der Waals surface area contributed by atoms with Crippen molar-refractivity contribution in [2.75, 3.05) is 11.9 Å². The molecule has 0 aliphatic carbocycles. The number of likely N-dealkylation sites (N-methyl/N-ethyl adjacent to an activating group) is 1. The summed E-state index contributed by atoms with van der Waals surface area (Å²) in [5, 5.41) is 0.858. The van der Waals surface area contributed by atoms with Crippen molar-refractivity contribution in [3.05, 3.63) is 78.1 Å². The number of fused-ring (bicyclic) bond motifs is 1. The maximum Gasteiger partial charge on any atom is 0.251 e. The molecule has 7 nitrogen and oxygen atoms in total. The van der Waals surface area contributed by atoms with Gasteiger partial charge in [-0.25, -0.2) is 9.97 Å². The predicted octanol–water partition coefficient (Wildman–Crippen LogP) is 3.13. The summed E-state index contributed by atoms with van der Waals surface area (Å²) in [6.45, 7) is 3.53. The Morgan fingerprint density at radius 1 is 1.14 bits per heavy atom. The third-order valence-electron chi connectivity index (χ3n) is 4.56. The Labute approximate surface area is 160 Å². The number of hydrogen-bond donors (Lipinski definition) is 2. The average molecular weight is 371 g/mol. The molecule has 7 heteroatoms. The van der Waals surface area contributed by atoms with E-state index in [1.807, 2.05) is 30.3 Å². The zero-order valence-electron chi connectivity index (χ0n) is 15.1. The number of benzene rings is 1. The van der Waals surface area contributed by atoms with Gasteiger partial charge >= 0.3 is 0 Å². The first-order valence-corrected chi connectivity index (χ1v) is 8.59. The van der Waals surface area contributed by atoms with E-state index in [-0.39, 0.29) is 11.5 Å². The second-order valence-electron chi connectivity index (χ2n) is 6.27. The molecule has 28 heavy (non-hydrogen) atoms. The van der Waals surface area contributed by atoms with E-state index in [1.165, 1.54) is 23.4 Å². The molecule has 0 bridgehead atoms. The summed E-state index contributed by atoms with van der Waals surface area (Å²) in [7, 11) is 1.70. The van der Waals surface area contributed by atoms with E-state index in [0.29, 0.717) is 11.3 Å². The Morgan fingerprint density at radius 2 is 2.00 bits per heavy atom. The number of nitrogens with zero attached hydrogens (tertiary/aromatic N) is 3. The largest absolute Gasteiger partial charge is 0.345 e. The highest BCUT2D eigenvalue weighted by Gasteiger charge is 2.12. The van der Waals surface area contributed by atoms with E-state index < -0.39 is 0 Å². The number of pyridine rings is 1. The van der Waals surface area contributed by atoms with Crippen LogP contribution in [-0.2, 0) is 4.79 Å². The summed E-state index contributed by atoms with van der Waals surface area (Å²) >= 11 is 0. The lowest BCUT2D eigenvalue weighted by Crippen LogP contribution is -2.23. The molecule has 0 atom stereocenters. The molecule has 2 N–H and O–H groups in total. The van der Waals surface area contributed by atoms with Crippen LogP contribution in [0.4, 0.5) is 5.69 Å². The SMILES string of the molecule is C=CC(=O)N(C)c1cccc(-c2cnc3[nH]cc(-c4cc(=O)[nH]cn4)c3c2)c1. The second-order valence-corrected chi connectivity index (χ2v) is 6.27. The lowest BCUT2D eigenvalue weighted by molar-refractivity contribution is -0.113. The molecule has 4 rings (SSSR count). The zero-order chi connectivity index (χ0) is 19.7. The van der Waals surface area contributed by atoms with E-state index in [9.17, 15) is 9.59 Å². The van der Waals surface area contributed by atoms with Crippen LogP contribution in [0.15, 0.2) is 72.6 Å². The third kappa shape index (κ3) is 3.09. The van der Waals surface area contributed by atoms with E-state index in [2.05, 4.69) is 26.5 Å². The molecule has 0 radical (unpaired) electrons. The van der Waals surface area contributed by atoms with Gasteiger partial charge in [0.2, 0.25) is 5.91 Å². The molecule has 0 unspecified atom stereocenters. The van der Waals surface area contributed by atoms with E-state index in [4.69, 9.17) is 0 Å². The molecule has 0 fully saturated rings. The Kier molecular flexibility index (Phi) is 4.33.